The molecule has 216 valence electrons. The van der Waals surface area contributed by atoms with Crippen LogP contribution in [0.3, 0.4) is 0 Å². The number of hydrogen-bond acceptors (Lipinski definition) is 4. The molecule has 0 saturated carbocycles. The van der Waals surface area contributed by atoms with Crippen molar-refractivity contribution in [1.82, 2.24) is 0 Å². The zero-order chi connectivity index (χ0) is 30.2. The third kappa shape index (κ3) is 3.61. The number of ether oxygens (including phenoxy) is 2. The molecule has 0 unspecified atom stereocenters. The third-order valence-electron chi connectivity index (χ3n) is 9.18. The average Bonchev–Trinajstić information content (AvgIpc) is 3.12. The first kappa shape index (κ1) is 25.1. The van der Waals surface area contributed by atoms with Crippen LogP contribution in [-0.2, 0) is 0 Å². The Labute approximate surface area is 265 Å². The number of benzene rings is 8. The fraction of sp³-hybridized carbons (Fsp3) is 0. The lowest BCUT2D eigenvalue weighted by Gasteiger charge is -2.33. The summed E-state index contributed by atoms with van der Waals surface area (Å²) >= 11 is 0. The Morgan fingerprint density at radius 1 is 0.283 bits per heavy atom. The average molecular weight is 591 g/mol. The predicted molar refractivity (Wildman–Crippen MR) is 188 cm³/mol. The van der Waals surface area contributed by atoms with Crippen molar-refractivity contribution in [2.45, 2.75) is 0 Å². The molecule has 0 aliphatic carbocycles. The maximum absolute atomic E-state index is 6.30. The molecule has 46 heavy (non-hydrogen) atoms. The highest BCUT2D eigenvalue weighted by atomic mass is 16.5. The van der Waals surface area contributed by atoms with Gasteiger partial charge in [-0.3, -0.25) is 0 Å². The standard InChI is InChI=1S/C42H26N2O2/c1-2-12-30-29(11-1)33-25-27(43-35-13-3-7-17-39(35)45-40-18-8-4-14-36(40)43)21-23-31(33)32-24-22-28(26-34(30)32)44-37-15-5-9-19-41(37)46-42-20-10-6-16-38(42)44/h1-26H. The summed E-state index contributed by atoms with van der Waals surface area (Å²) in [7, 11) is 0. The Hall–Kier alpha value is -6.26. The summed E-state index contributed by atoms with van der Waals surface area (Å²) < 4.78 is 12.6. The van der Waals surface area contributed by atoms with E-state index in [1.165, 1.54) is 32.3 Å². The largest absolute Gasteiger partial charge is 0.453 e. The minimum Gasteiger partial charge on any atom is -0.453 e. The van der Waals surface area contributed by atoms with Gasteiger partial charge in [0.25, 0.3) is 0 Å². The molecule has 2 aliphatic heterocycles. The topological polar surface area (TPSA) is 24.9 Å². The van der Waals surface area contributed by atoms with Crippen LogP contribution in [0.5, 0.6) is 23.0 Å². The quantitative estimate of drug-likeness (QED) is 0.187. The molecule has 10 rings (SSSR count). The monoisotopic (exact) mass is 590 g/mol. The van der Waals surface area contributed by atoms with Gasteiger partial charge in [-0.25, -0.2) is 0 Å². The Bertz CT molecular complexity index is 2230. The summed E-state index contributed by atoms with van der Waals surface area (Å²) in [6.45, 7) is 0. The number of hydrogen-bond donors (Lipinski definition) is 0. The molecule has 8 aromatic rings. The van der Waals surface area contributed by atoms with Crippen molar-refractivity contribution in [2.24, 2.45) is 0 Å². The van der Waals surface area contributed by atoms with E-state index < -0.39 is 0 Å². The predicted octanol–water partition coefficient (Wildman–Crippen LogP) is 12.3. The number of fused-ring (bicyclic) bond motifs is 10. The van der Waals surface area contributed by atoms with Gasteiger partial charge >= 0.3 is 0 Å². The lowest BCUT2D eigenvalue weighted by atomic mass is 9.93. The van der Waals surface area contributed by atoms with Crippen LogP contribution in [0.2, 0.25) is 0 Å². The normalized spacial score (nSPS) is 13.0. The summed E-state index contributed by atoms with van der Waals surface area (Å²) in [5, 5.41) is 7.33. The van der Waals surface area contributed by atoms with Gasteiger partial charge in [0.05, 0.1) is 22.7 Å². The maximum Gasteiger partial charge on any atom is 0.151 e. The van der Waals surface area contributed by atoms with Gasteiger partial charge in [0.1, 0.15) is 0 Å². The van der Waals surface area contributed by atoms with Crippen LogP contribution >= 0.6 is 0 Å². The Morgan fingerprint density at radius 2 is 0.587 bits per heavy atom. The summed E-state index contributed by atoms with van der Waals surface area (Å²) in [6, 6.07) is 55.4. The molecule has 0 atom stereocenters. The number of nitrogens with zero attached hydrogens (tertiary/aromatic N) is 2. The lowest BCUT2D eigenvalue weighted by Crippen LogP contribution is -2.15. The second-order valence-corrected chi connectivity index (χ2v) is 11.8. The minimum atomic E-state index is 0.850. The lowest BCUT2D eigenvalue weighted by molar-refractivity contribution is 0.477. The van der Waals surface area contributed by atoms with Crippen LogP contribution in [-0.4, -0.2) is 0 Å². The summed E-state index contributed by atoms with van der Waals surface area (Å²) in [6.07, 6.45) is 0. The second kappa shape index (κ2) is 9.62. The van der Waals surface area contributed by atoms with Crippen LogP contribution in [0.15, 0.2) is 158 Å². The molecule has 0 spiro atoms. The SMILES string of the molecule is c1ccc2c(c1)Oc1ccccc1N2c1ccc2c3ccc(N4c5ccccc5Oc5ccccc54)cc3c3ccccc3c2c1. The summed E-state index contributed by atoms with van der Waals surface area (Å²) in [5.41, 5.74) is 6.31. The van der Waals surface area contributed by atoms with Gasteiger partial charge in [0.15, 0.2) is 23.0 Å². The van der Waals surface area contributed by atoms with Crippen molar-refractivity contribution >= 4 is 66.4 Å². The molecule has 0 amide bonds. The molecule has 8 aromatic carbocycles. The van der Waals surface area contributed by atoms with E-state index in [1.807, 2.05) is 48.5 Å². The summed E-state index contributed by atoms with van der Waals surface area (Å²) in [5.74, 6) is 3.40. The molecule has 0 radical (unpaired) electrons. The number of para-hydroxylation sites is 8. The van der Waals surface area contributed by atoms with E-state index in [4.69, 9.17) is 9.47 Å². The first-order valence-electron chi connectivity index (χ1n) is 15.5. The minimum absolute atomic E-state index is 0.850. The number of rotatable bonds is 2. The van der Waals surface area contributed by atoms with E-state index in [0.29, 0.717) is 0 Å². The van der Waals surface area contributed by atoms with Gasteiger partial charge in [0.2, 0.25) is 0 Å². The van der Waals surface area contributed by atoms with E-state index in [-0.39, 0.29) is 0 Å². The van der Waals surface area contributed by atoms with Gasteiger partial charge in [-0.1, -0.05) is 84.9 Å². The second-order valence-electron chi connectivity index (χ2n) is 11.8. The molecule has 0 saturated heterocycles. The highest BCUT2D eigenvalue weighted by Crippen LogP contribution is 2.53. The van der Waals surface area contributed by atoms with Crippen molar-refractivity contribution < 1.29 is 9.47 Å². The van der Waals surface area contributed by atoms with Gasteiger partial charge in [-0.15, -0.1) is 0 Å². The van der Waals surface area contributed by atoms with Crippen LogP contribution in [0.4, 0.5) is 34.1 Å². The van der Waals surface area contributed by atoms with Crippen molar-refractivity contribution in [2.75, 3.05) is 9.80 Å². The van der Waals surface area contributed by atoms with Crippen LogP contribution in [0.1, 0.15) is 0 Å². The van der Waals surface area contributed by atoms with Crippen molar-refractivity contribution in [1.29, 1.82) is 0 Å². The van der Waals surface area contributed by atoms with E-state index in [2.05, 4.69) is 119 Å². The smallest absolute Gasteiger partial charge is 0.151 e. The van der Waals surface area contributed by atoms with Gasteiger partial charge in [0, 0.05) is 11.4 Å². The molecule has 2 aliphatic rings. The van der Waals surface area contributed by atoms with Crippen LogP contribution < -0.4 is 19.3 Å². The van der Waals surface area contributed by atoms with Gasteiger partial charge in [-0.2, -0.15) is 0 Å². The first-order valence-corrected chi connectivity index (χ1v) is 15.5. The maximum atomic E-state index is 6.30. The Morgan fingerprint density at radius 3 is 0.957 bits per heavy atom. The molecule has 0 N–H and O–H groups in total. The van der Waals surface area contributed by atoms with E-state index in [9.17, 15) is 0 Å². The Kier molecular flexibility index (Phi) is 5.25. The molecule has 2 heterocycles. The van der Waals surface area contributed by atoms with E-state index in [1.54, 1.807) is 0 Å². The van der Waals surface area contributed by atoms with Crippen molar-refractivity contribution in [3.63, 3.8) is 0 Å². The molecular weight excluding hydrogens is 564 g/mol. The zero-order valence-electron chi connectivity index (χ0n) is 24.7. The molecule has 0 aromatic heterocycles. The highest BCUT2D eigenvalue weighted by Gasteiger charge is 2.27. The van der Waals surface area contributed by atoms with E-state index in [0.717, 1.165) is 57.1 Å². The fourth-order valence-corrected chi connectivity index (χ4v) is 7.18. The summed E-state index contributed by atoms with van der Waals surface area (Å²) in [4.78, 5) is 4.62. The van der Waals surface area contributed by atoms with Gasteiger partial charge < -0.3 is 19.3 Å². The van der Waals surface area contributed by atoms with E-state index >= 15 is 0 Å². The Balaban J connectivity index is 1.20. The molecular formula is C42H26N2O2. The number of anilines is 6. The molecule has 4 heteroatoms. The van der Waals surface area contributed by atoms with Crippen LogP contribution in [0, 0.1) is 0 Å². The van der Waals surface area contributed by atoms with Crippen molar-refractivity contribution in [3.8, 4) is 23.0 Å². The fourth-order valence-electron chi connectivity index (χ4n) is 7.18. The van der Waals surface area contributed by atoms with Crippen LogP contribution in [0.25, 0.3) is 32.3 Å². The first-order chi connectivity index (χ1) is 22.8. The van der Waals surface area contributed by atoms with Crippen molar-refractivity contribution in [3.05, 3.63) is 158 Å². The highest BCUT2D eigenvalue weighted by molar-refractivity contribution is 6.26. The molecule has 0 bridgehead atoms. The van der Waals surface area contributed by atoms with Gasteiger partial charge in [-0.05, 0) is 105 Å². The zero-order valence-corrected chi connectivity index (χ0v) is 24.7. The molecule has 4 nitrogen and oxygen atoms in total. The third-order valence-corrected chi connectivity index (χ3v) is 9.18. The molecule has 0 fully saturated rings.